The molecule has 0 atom stereocenters. The van der Waals surface area contributed by atoms with E-state index in [-0.39, 0.29) is 33.6 Å². The predicted octanol–water partition coefficient (Wildman–Crippen LogP) is 4.13. The minimum Gasteiger partial charge on any atom is -0.322 e. The van der Waals surface area contributed by atoms with E-state index in [1.165, 1.54) is 41.1 Å². The number of non-ortho nitro benzene ring substituents is 1. The lowest BCUT2D eigenvalue weighted by atomic mass is 10.2. The van der Waals surface area contributed by atoms with Gasteiger partial charge in [0.15, 0.2) is 0 Å². The molecule has 0 aliphatic rings. The maximum atomic E-state index is 12.7. The molecule has 0 fully saturated rings. The summed E-state index contributed by atoms with van der Waals surface area (Å²) in [5.41, 5.74) is -4.49. The molecular weight excluding hydrogens is 445 g/mol. The molecule has 3 rings (SSSR count). The fourth-order valence-corrected chi connectivity index (χ4v) is 3.62. The Morgan fingerprint density at radius 1 is 1.20 bits per heavy atom. The smallest absolute Gasteiger partial charge is 0.322 e. The Labute approximate surface area is 175 Å². The number of hydrogen-bond donors (Lipinski definition) is 1. The van der Waals surface area contributed by atoms with Crippen LogP contribution in [0.4, 0.5) is 24.5 Å². The molecule has 156 valence electrons. The molecule has 0 aliphatic carbocycles. The number of carbonyl (C=O) groups excluding carboxylic acids is 1. The van der Waals surface area contributed by atoms with Gasteiger partial charge in [-0.2, -0.15) is 13.2 Å². The minimum atomic E-state index is -4.42. The molecule has 1 aromatic heterocycles. The molecule has 0 unspecified atom stereocenters. The highest BCUT2D eigenvalue weighted by molar-refractivity contribution is 8.00. The lowest BCUT2D eigenvalue weighted by molar-refractivity contribution is -0.384. The summed E-state index contributed by atoms with van der Waals surface area (Å²) >= 11 is 0.754. The fraction of sp³-hybridized carbons (Fsp3) is 0.125. The summed E-state index contributed by atoms with van der Waals surface area (Å²) in [5, 5.41) is 24.9. The predicted molar refractivity (Wildman–Crippen MR) is 102 cm³/mol. The first-order valence-electron chi connectivity index (χ1n) is 7.98. The van der Waals surface area contributed by atoms with Gasteiger partial charge in [-0.05, 0) is 64.3 Å². The van der Waals surface area contributed by atoms with Gasteiger partial charge in [0.05, 0.1) is 10.5 Å². The number of anilines is 1. The zero-order valence-corrected chi connectivity index (χ0v) is 16.6. The molecular formula is C16H11F3N6O3S2. The average Bonchev–Trinajstić information content (AvgIpc) is 3.07. The van der Waals surface area contributed by atoms with Crippen molar-refractivity contribution >= 4 is 40.8 Å². The van der Waals surface area contributed by atoms with Gasteiger partial charge in [0.2, 0.25) is 5.16 Å². The van der Waals surface area contributed by atoms with Crippen LogP contribution in [0.5, 0.6) is 0 Å². The van der Waals surface area contributed by atoms with Crippen molar-refractivity contribution in [1.82, 2.24) is 20.2 Å². The standard InChI is InChI=1S/C16H11F3N6O3S2/c1-24-15(21-22-23-24)29-13-7-4-10(25(27)28)8-12(13)14(26)20-9-2-5-11(6-3-9)30-16(17,18)19/h2-8H,1H3,(H,20,26). The normalized spacial score (nSPS) is 11.3. The van der Waals surface area contributed by atoms with E-state index in [1.54, 1.807) is 7.05 Å². The molecule has 1 heterocycles. The number of nitro groups is 1. The van der Waals surface area contributed by atoms with Crippen LogP contribution in [0.3, 0.4) is 0 Å². The Hall–Kier alpha value is -3.13. The molecule has 3 aromatic rings. The number of nitro benzene ring substituents is 1. The van der Waals surface area contributed by atoms with Crippen LogP contribution in [0.25, 0.3) is 0 Å². The lowest BCUT2D eigenvalue weighted by Crippen LogP contribution is -2.13. The Balaban J connectivity index is 1.85. The van der Waals surface area contributed by atoms with E-state index in [1.807, 2.05) is 0 Å². The number of carbonyl (C=O) groups is 1. The SMILES string of the molecule is Cn1nnnc1Sc1ccc([N+](=O)[O-])cc1C(=O)Nc1ccc(SC(F)(F)F)cc1. The number of benzene rings is 2. The van der Waals surface area contributed by atoms with Gasteiger partial charge in [-0.15, -0.1) is 5.10 Å². The van der Waals surface area contributed by atoms with Crippen molar-refractivity contribution in [3.63, 3.8) is 0 Å². The van der Waals surface area contributed by atoms with Crippen LogP contribution in [0.2, 0.25) is 0 Å². The highest BCUT2D eigenvalue weighted by Gasteiger charge is 2.29. The van der Waals surface area contributed by atoms with E-state index in [0.29, 0.717) is 10.1 Å². The van der Waals surface area contributed by atoms with Crippen LogP contribution in [-0.4, -0.2) is 36.5 Å². The fourth-order valence-electron chi connectivity index (χ4n) is 2.24. The van der Waals surface area contributed by atoms with Crippen molar-refractivity contribution in [3.8, 4) is 0 Å². The van der Waals surface area contributed by atoms with Crippen molar-refractivity contribution in [2.45, 2.75) is 20.5 Å². The number of nitrogens with one attached hydrogen (secondary N) is 1. The first kappa shape index (κ1) is 21.6. The average molecular weight is 456 g/mol. The van der Waals surface area contributed by atoms with Crippen LogP contribution < -0.4 is 5.32 Å². The number of hydrogen-bond acceptors (Lipinski definition) is 8. The van der Waals surface area contributed by atoms with E-state index in [0.717, 1.165) is 17.8 Å². The van der Waals surface area contributed by atoms with E-state index in [2.05, 4.69) is 20.8 Å². The number of rotatable bonds is 6. The van der Waals surface area contributed by atoms with Gasteiger partial charge in [-0.3, -0.25) is 14.9 Å². The van der Waals surface area contributed by atoms with Crippen molar-refractivity contribution in [3.05, 3.63) is 58.1 Å². The monoisotopic (exact) mass is 456 g/mol. The summed E-state index contributed by atoms with van der Waals surface area (Å²) in [6.45, 7) is 0. The van der Waals surface area contributed by atoms with Gasteiger partial charge in [0.25, 0.3) is 11.6 Å². The third-order valence-electron chi connectivity index (χ3n) is 3.55. The second-order valence-corrected chi connectivity index (χ2v) is 7.80. The van der Waals surface area contributed by atoms with Crippen LogP contribution in [-0.2, 0) is 7.05 Å². The second kappa shape index (κ2) is 8.71. The number of aromatic nitrogens is 4. The van der Waals surface area contributed by atoms with E-state index in [4.69, 9.17) is 0 Å². The second-order valence-electron chi connectivity index (χ2n) is 5.65. The molecule has 1 N–H and O–H groups in total. The number of amides is 1. The number of nitrogens with zero attached hydrogens (tertiary/aromatic N) is 5. The first-order valence-corrected chi connectivity index (χ1v) is 9.61. The van der Waals surface area contributed by atoms with Crippen molar-refractivity contribution < 1.29 is 22.9 Å². The molecule has 0 saturated heterocycles. The lowest BCUT2D eigenvalue weighted by Gasteiger charge is -2.10. The topological polar surface area (TPSA) is 116 Å². The zero-order valence-electron chi connectivity index (χ0n) is 15.0. The third kappa shape index (κ3) is 5.48. The summed E-state index contributed by atoms with van der Waals surface area (Å²) in [7, 11) is 1.59. The van der Waals surface area contributed by atoms with Gasteiger partial charge in [-0.25, -0.2) is 4.68 Å². The van der Waals surface area contributed by atoms with E-state index >= 15 is 0 Å². The minimum absolute atomic E-state index is 0.00839. The third-order valence-corrected chi connectivity index (χ3v) is 5.39. The van der Waals surface area contributed by atoms with Crippen molar-refractivity contribution in [2.24, 2.45) is 7.05 Å². The first-order chi connectivity index (χ1) is 14.1. The zero-order chi connectivity index (χ0) is 21.9. The van der Waals surface area contributed by atoms with E-state index in [9.17, 15) is 28.1 Å². The molecule has 0 saturated carbocycles. The van der Waals surface area contributed by atoms with Crippen LogP contribution >= 0.6 is 23.5 Å². The number of alkyl halides is 3. The molecule has 2 aromatic carbocycles. The Kier molecular flexibility index (Phi) is 6.26. The molecule has 0 aliphatic heterocycles. The van der Waals surface area contributed by atoms with Gasteiger partial charge in [0.1, 0.15) is 0 Å². The number of halogens is 3. The largest absolute Gasteiger partial charge is 0.446 e. The molecule has 0 bridgehead atoms. The number of thioether (sulfide) groups is 1. The van der Waals surface area contributed by atoms with E-state index < -0.39 is 16.3 Å². The van der Waals surface area contributed by atoms with Crippen LogP contribution in [0.15, 0.2) is 57.4 Å². The molecule has 14 heteroatoms. The molecule has 0 spiro atoms. The van der Waals surface area contributed by atoms with Crippen molar-refractivity contribution in [1.29, 1.82) is 0 Å². The summed E-state index contributed by atoms with van der Waals surface area (Å²) in [6, 6.07) is 8.78. The van der Waals surface area contributed by atoms with Crippen molar-refractivity contribution in [2.75, 3.05) is 5.32 Å². The van der Waals surface area contributed by atoms with Gasteiger partial charge in [0, 0.05) is 34.7 Å². The summed E-state index contributed by atoms with van der Waals surface area (Å²) < 4.78 is 38.6. The number of tetrazole rings is 1. The highest BCUT2D eigenvalue weighted by Crippen LogP contribution is 2.37. The highest BCUT2D eigenvalue weighted by atomic mass is 32.2. The molecule has 1 amide bonds. The maximum absolute atomic E-state index is 12.7. The summed E-state index contributed by atoms with van der Waals surface area (Å²) in [5.74, 6) is -0.674. The molecule has 30 heavy (non-hydrogen) atoms. The number of aryl methyl sites for hydroxylation is 1. The maximum Gasteiger partial charge on any atom is 0.446 e. The molecule has 0 radical (unpaired) electrons. The molecule has 9 nitrogen and oxygen atoms in total. The van der Waals surface area contributed by atoms with Gasteiger partial charge in [-0.1, -0.05) is 0 Å². The van der Waals surface area contributed by atoms with Gasteiger partial charge < -0.3 is 5.32 Å². The Morgan fingerprint density at radius 2 is 1.90 bits per heavy atom. The Bertz CT molecular complexity index is 1090. The quantitative estimate of drug-likeness (QED) is 0.334. The summed E-state index contributed by atoms with van der Waals surface area (Å²) in [4.78, 5) is 23.5. The summed E-state index contributed by atoms with van der Waals surface area (Å²) in [6.07, 6.45) is 0. The van der Waals surface area contributed by atoms with Crippen LogP contribution in [0, 0.1) is 10.1 Å². The van der Waals surface area contributed by atoms with Gasteiger partial charge >= 0.3 is 5.51 Å². The van der Waals surface area contributed by atoms with Crippen LogP contribution in [0.1, 0.15) is 10.4 Å². The Morgan fingerprint density at radius 3 is 2.47 bits per heavy atom.